The lowest BCUT2D eigenvalue weighted by Crippen LogP contribution is -2.49. The number of hydrogen-bond acceptors (Lipinski definition) is 2. The van der Waals surface area contributed by atoms with E-state index in [2.05, 4.69) is 74.8 Å². The average Bonchev–Trinajstić information content (AvgIpc) is 2.68. The maximum absolute atomic E-state index is 2.68. The molecule has 1 aromatic carbocycles. The van der Waals surface area contributed by atoms with Crippen LogP contribution in [-0.4, -0.2) is 37.1 Å². The Hall–Kier alpha value is -1.28. The van der Waals surface area contributed by atoms with Crippen molar-refractivity contribution in [3.05, 3.63) is 35.9 Å². The SMILES string of the molecule is CCCC(C)N1CCN(c2ccccc2C2=CCC(C(C)(C)C)CC2)CC1. The highest BCUT2D eigenvalue weighted by molar-refractivity contribution is 5.77. The van der Waals surface area contributed by atoms with Crippen molar-refractivity contribution >= 4 is 11.3 Å². The maximum Gasteiger partial charge on any atom is 0.0443 e. The minimum absolute atomic E-state index is 0.424. The van der Waals surface area contributed by atoms with Crippen LogP contribution in [0.5, 0.6) is 0 Å². The van der Waals surface area contributed by atoms with Crippen molar-refractivity contribution in [1.82, 2.24) is 4.90 Å². The standard InChI is InChI=1S/C25H40N2/c1-6-9-20(2)26-16-18-27(19-17-26)24-11-8-7-10-23(24)21-12-14-22(15-13-21)25(3,4)5/h7-8,10-12,20,22H,6,9,13-19H2,1-5H3. The minimum Gasteiger partial charge on any atom is -0.368 e. The number of rotatable bonds is 5. The monoisotopic (exact) mass is 368 g/mol. The van der Waals surface area contributed by atoms with E-state index < -0.39 is 0 Å². The molecular formula is C25H40N2. The van der Waals surface area contributed by atoms with Crippen LogP contribution in [0.4, 0.5) is 5.69 Å². The summed E-state index contributed by atoms with van der Waals surface area (Å²) in [5.74, 6) is 0.817. The van der Waals surface area contributed by atoms with E-state index in [0.29, 0.717) is 5.41 Å². The molecule has 27 heavy (non-hydrogen) atoms. The zero-order chi connectivity index (χ0) is 19.4. The highest BCUT2D eigenvalue weighted by Crippen LogP contribution is 2.41. The smallest absolute Gasteiger partial charge is 0.0443 e. The number of hydrogen-bond donors (Lipinski definition) is 0. The molecule has 0 spiro atoms. The second kappa shape index (κ2) is 8.82. The first kappa shape index (κ1) is 20.5. The van der Waals surface area contributed by atoms with Crippen molar-refractivity contribution in [2.45, 2.75) is 72.8 Å². The molecule has 0 saturated carbocycles. The molecule has 1 aliphatic heterocycles. The van der Waals surface area contributed by atoms with Crippen LogP contribution in [0.15, 0.2) is 30.3 Å². The minimum atomic E-state index is 0.424. The van der Waals surface area contributed by atoms with Crippen LogP contribution in [0.3, 0.4) is 0 Å². The molecule has 2 nitrogen and oxygen atoms in total. The van der Waals surface area contributed by atoms with E-state index in [-0.39, 0.29) is 0 Å². The fourth-order valence-electron chi connectivity index (χ4n) is 4.89. The molecule has 0 bridgehead atoms. The first-order chi connectivity index (χ1) is 12.9. The summed E-state index contributed by atoms with van der Waals surface area (Å²) in [5, 5.41) is 0. The van der Waals surface area contributed by atoms with Gasteiger partial charge in [-0.2, -0.15) is 0 Å². The molecule has 1 heterocycles. The number of allylic oxidation sites excluding steroid dienone is 2. The van der Waals surface area contributed by atoms with Gasteiger partial charge in [0.15, 0.2) is 0 Å². The summed E-state index contributed by atoms with van der Waals surface area (Å²) in [6.07, 6.45) is 8.93. The van der Waals surface area contributed by atoms with Crippen molar-refractivity contribution in [1.29, 1.82) is 0 Å². The van der Waals surface area contributed by atoms with Gasteiger partial charge in [-0.1, -0.05) is 58.4 Å². The van der Waals surface area contributed by atoms with Crippen LogP contribution in [0.1, 0.15) is 72.3 Å². The normalized spacial score (nSPS) is 23.2. The summed E-state index contributed by atoms with van der Waals surface area (Å²) in [5.41, 5.74) is 4.95. The van der Waals surface area contributed by atoms with E-state index in [1.165, 1.54) is 56.4 Å². The molecule has 2 aliphatic rings. The van der Waals surface area contributed by atoms with Crippen LogP contribution in [0, 0.1) is 11.3 Å². The van der Waals surface area contributed by atoms with E-state index in [4.69, 9.17) is 0 Å². The quantitative estimate of drug-likeness (QED) is 0.608. The molecule has 3 rings (SSSR count). The van der Waals surface area contributed by atoms with Gasteiger partial charge >= 0.3 is 0 Å². The maximum atomic E-state index is 2.68. The van der Waals surface area contributed by atoms with Crippen molar-refractivity contribution in [3.8, 4) is 0 Å². The van der Waals surface area contributed by atoms with Crippen LogP contribution >= 0.6 is 0 Å². The average molecular weight is 369 g/mol. The van der Waals surface area contributed by atoms with E-state index in [1.54, 1.807) is 5.57 Å². The van der Waals surface area contributed by atoms with Gasteiger partial charge in [-0.15, -0.1) is 0 Å². The Kier molecular flexibility index (Phi) is 6.68. The van der Waals surface area contributed by atoms with Gasteiger partial charge in [0.1, 0.15) is 0 Å². The predicted molar refractivity (Wildman–Crippen MR) is 119 cm³/mol. The molecular weight excluding hydrogens is 328 g/mol. The topological polar surface area (TPSA) is 6.48 Å². The van der Waals surface area contributed by atoms with Crippen LogP contribution in [0.25, 0.3) is 5.57 Å². The molecule has 0 aromatic heterocycles. The zero-order valence-electron chi connectivity index (χ0n) is 18.3. The van der Waals surface area contributed by atoms with Crippen molar-refractivity contribution in [3.63, 3.8) is 0 Å². The number of piperazine rings is 1. The molecule has 2 atom stereocenters. The first-order valence-corrected chi connectivity index (χ1v) is 11.2. The third kappa shape index (κ3) is 4.96. The van der Waals surface area contributed by atoms with Crippen molar-refractivity contribution < 1.29 is 0 Å². The number of anilines is 1. The second-order valence-electron chi connectivity index (χ2n) is 9.74. The fourth-order valence-corrected chi connectivity index (χ4v) is 4.89. The summed E-state index contributed by atoms with van der Waals surface area (Å²) >= 11 is 0. The van der Waals surface area contributed by atoms with Gasteiger partial charge in [0, 0.05) is 43.5 Å². The van der Waals surface area contributed by atoms with Crippen LogP contribution in [0.2, 0.25) is 0 Å². The van der Waals surface area contributed by atoms with Gasteiger partial charge in [-0.05, 0) is 55.6 Å². The molecule has 1 fully saturated rings. The molecule has 0 amide bonds. The molecule has 2 heteroatoms. The summed E-state index contributed by atoms with van der Waals surface area (Å²) in [4.78, 5) is 5.30. The van der Waals surface area contributed by atoms with Gasteiger partial charge < -0.3 is 4.90 Å². The highest BCUT2D eigenvalue weighted by atomic mass is 15.3. The second-order valence-corrected chi connectivity index (χ2v) is 9.74. The van der Waals surface area contributed by atoms with Gasteiger partial charge in [-0.25, -0.2) is 0 Å². The summed E-state index contributed by atoms with van der Waals surface area (Å²) in [6.45, 7) is 16.6. The molecule has 150 valence electrons. The Morgan fingerprint density at radius 2 is 1.78 bits per heavy atom. The fraction of sp³-hybridized carbons (Fsp3) is 0.680. The van der Waals surface area contributed by atoms with Crippen LogP contribution < -0.4 is 4.90 Å². The van der Waals surface area contributed by atoms with Gasteiger partial charge in [0.25, 0.3) is 0 Å². The third-order valence-corrected chi connectivity index (χ3v) is 6.87. The molecule has 2 unspecified atom stereocenters. The van der Waals surface area contributed by atoms with Crippen molar-refractivity contribution in [2.75, 3.05) is 31.1 Å². The predicted octanol–water partition coefficient (Wildman–Crippen LogP) is 6.23. The largest absolute Gasteiger partial charge is 0.368 e. The summed E-state index contributed by atoms with van der Waals surface area (Å²) in [7, 11) is 0. The Morgan fingerprint density at radius 1 is 1.07 bits per heavy atom. The van der Waals surface area contributed by atoms with E-state index in [1.807, 2.05) is 0 Å². The molecule has 1 aliphatic carbocycles. The van der Waals surface area contributed by atoms with E-state index >= 15 is 0 Å². The highest BCUT2D eigenvalue weighted by Gasteiger charge is 2.28. The van der Waals surface area contributed by atoms with Gasteiger partial charge in [0.05, 0.1) is 0 Å². The lowest BCUT2D eigenvalue weighted by atomic mass is 9.72. The lowest BCUT2D eigenvalue weighted by molar-refractivity contribution is 0.188. The number of para-hydroxylation sites is 1. The van der Waals surface area contributed by atoms with E-state index in [9.17, 15) is 0 Å². The van der Waals surface area contributed by atoms with Gasteiger partial charge in [-0.3, -0.25) is 4.90 Å². The Labute approximate surface area is 167 Å². The summed E-state index contributed by atoms with van der Waals surface area (Å²) in [6, 6.07) is 9.85. The van der Waals surface area contributed by atoms with E-state index in [0.717, 1.165) is 25.0 Å². The number of nitrogens with zero attached hydrogens (tertiary/aromatic N) is 2. The number of benzene rings is 1. The zero-order valence-corrected chi connectivity index (χ0v) is 18.3. The lowest BCUT2D eigenvalue weighted by Gasteiger charge is -2.40. The van der Waals surface area contributed by atoms with Crippen LogP contribution in [-0.2, 0) is 0 Å². The van der Waals surface area contributed by atoms with Gasteiger partial charge in [0.2, 0.25) is 0 Å². The molecule has 1 aromatic rings. The first-order valence-electron chi connectivity index (χ1n) is 11.2. The third-order valence-electron chi connectivity index (χ3n) is 6.87. The molecule has 1 saturated heterocycles. The Morgan fingerprint density at radius 3 is 2.37 bits per heavy atom. The Balaban J connectivity index is 1.70. The molecule has 0 N–H and O–H groups in total. The Bertz CT molecular complexity index is 632. The van der Waals surface area contributed by atoms with Crippen molar-refractivity contribution in [2.24, 2.45) is 11.3 Å². The molecule has 0 radical (unpaired) electrons. The summed E-state index contributed by atoms with van der Waals surface area (Å²) < 4.78 is 0.